The smallest absolute Gasteiger partial charge is 0.309 e. The molecule has 5 nitrogen and oxygen atoms in total. The quantitative estimate of drug-likeness (QED) is 0.744. The molecule has 17 heavy (non-hydrogen) atoms. The maximum Gasteiger partial charge on any atom is 0.309 e. The van der Waals surface area contributed by atoms with Crippen molar-refractivity contribution in [3.05, 3.63) is 17.8 Å². The molecule has 2 rings (SSSR count). The maximum atomic E-state index is 11.5. The van der Waals surface area contributed by atoms with Crippen LogP contribution in [0.4, 0.5) is 0 Å². The Balaban J connectivity index is 1.94. The number of piperidine rings is 1. The zero-order chi connectivity index (χ0) is 12.3. The van der Waals surface area contributed by atoms with E-state index in [1.807, 2.05) is 6.92 Å². The Bertz CT molecular complexity index is 389. The van der Waals surface area contributed by atoms with E-state index in [1.165, 1.54) is 13.5 Å². The molecule has 5 heteroatoms. The SMILES string of the molecule is COC(=O)[C@H]1CCCN(Cc2ncoc2C)C1. The lowest BCUT2D eigenvalue weighted by Crippen LogP contribution is -2.38. The van der Waals surface area contributed by atoms with Crippen LogP contribution in [0.15, 0.2) is 10.8 Å². The molecular formula is C12H18N2O3. The van der Waals surface area contributed by atoms with E-state index in [9.17, 15) is 4.79 Å². The molecule has 1 atom stereocenters. The summed E-state index contributed by atoms with van der Waals surface area (Å²) in [7, 11) is 1.45. The molecule has 0 spiro atoms. The lowest BCUT2D eigenvalue weighted by molar-refractivity contribution is -0.147. The van der Waals surface area contributed by atoms with Crippen molar-refractivity contribution >= 4 is 5.97 Å². The molecule has 1 fully saturated rings. The third-order valence-corrected chi connectivity index (χ3v) is 3.26. The fraction of sp³-hybridized carbons (Fsp3) is 0.667. The molecule has 0 unspecified atom stereocenters. The van der Waals surface area contributed by atoms with Gasteiger partial charge in [-0.1, -0.05) is 0 Å². The van der Waals surface area contributed by atoms with Gasteiger partial charge >= 0.3 is 5.97 Å². The molecule has 0 aromatic carbocycles. The Morgan fingerprint density at radius 3 is 3.18 bits per heavy atom. The van der Waals surface area contributed by atoms with Crippen LogP contribution in [-0.4, -0.2) is 36.1 Å². The molecule has 0 aliphatic carbocycles. The Morgan fingerprint density at radius 2 is 2.53 bits per heavy atom. The summed E-state index contributed by atoms with van der Waals surface area (Å²) in [6, 6.07) is 0. The molecule has 0 saturated carbocycles. The fourth-order valence-electron chi connectivity index (χ4n) is 2.25. The van der Waals surface area contributed by atoms with Gasteiger partial charge in [-0.25, -0.2) is 4.98 Å². The molecular weight excluding hydrogens is 220 g/mol. The average molecular weight is 238 g/mol. The molecule has 1 aliphatic heterocycles. The van der Waals surface area contributed by atoms with Gasteiger partial charge in [-0.3, -0.25) is 9.69 Å². The zero-order valence-corrected chi connectivity index (χ0v) is 10.3. The predicted molar refractivity (Wildman–Crippen MR) is 61.3 cm³/mol. The second-order valence-corrected chi connectivity index (χ2v) is 4.45. The van der Waals surface area contributed by atoms with E-state index in [0.29, 0.717) is 0 Å². The largest absolute Gasteiger partial charge is 0.469 e. The second kappa shape index (κ2) is 5.31. The van der Waals surface area contributed by atoms with Gasteiger partial charge in [-0.05, 0) is 26.3 Å². The van der Waals surface area contributed by atoms with Crippen LogP contribution < -0.4 is 0 Å². The molecule has 1 aromatic heterocycles. The summed E-state index contributed by atoms with van der Waals surface area (Å²) in [6.45, 7) is 4.40. The summed E-state index contributed by atoms with van der Waals surface area (Å²) in [5.74, 6) is 0.748. The number of methoxy groups -OCH3 is 1. The van der Waals surface area contributed by atoms with Gasteiger partial charge in [0, 0.05) is 13.1 Å². The van der Waals surface area contributed by atoms with Crippen LogP contribution in [0.3, 0.4) is 0 Å². The number of likely N-dealkylation sites (tertiary alicyclic amines) is 1. The number of hydrogen-bond donors (Lipinski definition) is 0. The standard InChI is InChI=1S/C12H18N2O3/c1-9-11(13-8-17-9)7-14-5-3-4-10(6-14)12(15)16-2/h8,10H,3-7H2,1-2H3/t10-/m0/s1. The first-order valence-electron chi connectivity index (χ1n) is 5.90. The number of hydrogen-bond acceptors (Lipinski definition) is 5. The number of aryl methyl sites for hydroxylation is 1. The monoisotopic (exact) mass is 238 g/mol. The Kier molecular flexibility index (Phi) is 3.78. The molecule has 0 bridgehead atoms. The average Bonchev–Trinajstić information content (AvgIpc) is 2.74. The lowest BCUT2D eigenvalue weighted by Gasteiger charge is -2.30. The summed E-state index contributed by atoms with van der Waals surface area (Å²) in [5.41, 5.74) is 0.954. The summed E-state index contributed by atoms with van der Waals surface area (Å²) >= 11 is 0. The highest BCUT2D eigenvalue weighted by Crippen LogP contribution is 2.20. The number of rotatable bonds is 3. The molecule has 0 N–H and O–H groups in total. The van der Waals surface area contributed by atoms with E-state index in [0.717, 1.165) is 43.9 Å². The van der Waals surface area contributed by atoms with Gasteiger partial charge in [0.05, 0.1) is 18.7 Å². The highest BCUT2D eigenvalue weighted by molar-refractivity contribution is 5.72. The summed E-state index contributed by atoms with van der Waals surface area (Å²) < 4.78 is 9.97. The van der Waals surface area contributed by atoms with Gasteiger partial charge in [0.25, 0.3) is 0 Å². The number of carbonyl (C=O) groups is 1. The van der Waals surface area contributed by atoms with E-state index in [1.54, 1.807) is 0 Å². The maximum absolute atomic E-state index is 11.5. The summed E-state index contributed by atoms with van der Waals surface area (Å²) in [6.07, 6.45) is 3.41. The van der Waals surface area contributed by atoms with Gasteiger partial charge < -0.3 is 9.15 Å². The minimum absolute atomic E-state index is 0.000886. The number of nitrogens with zero attached hydrogens (tertiary/aromatic N) is 2. The first kappa shape index (κ1) is 12.1. The molecule has 1 saturated heterocycles. The van der Waals surface area contributed by atoms with Crippen molar-refractivity contribution in [1.82, 2.24) is 9.88 Å². The van der Waals surface area contributed by atoms with Crippen molar-refractivity contribution in [3.63, 3.8) is 0 Å². The molecule has 0 radical (unpaired) electrons. The number of oxazole rings is 1. The normalized spacial score (nSPS) is 21.4. The second-order valence-electron chi connectivity index (χ2n) is 4.45. The van der Waals surface area contributed by atoms with E-state index >= 15 is 0 Å². The van der Waals surface area contributed by atoms with Crippen molar-refractivity contribution in [2.45, 2.75) is 26.3 Å². The first-order valence-corrected chi connectivity index (χ1v) is 5.90. The Morgan fingerprint density at radius 1 is 1.71 bits per heavy atom. The fourth-order valence-corrected chi connectivity index (χ4v) is 2.25. The zero-order valence-electron chi connectivity index (χ0n) is 10.3. The van der Waals surface area contributed by atoms with E-state index in [2.05, 4.69) is 9.88 Å². The van der Waals surface area contributed by atoms with Gasteiger partial charge in [0.15, 0.2) is 6.39 Å². The van der Waals surface area contributed by atoms with Crippen LogP contribution in [0.1, 0.15) is 24.3 Å². The van der Waals surface area contributed by atoms with Gasteiger partial charge in [0.2, 0.25) is 0 Å². The number of carbonyl (C=O) groups excluding carboxylic acids is 1. The Labute approximate surface area is 101 Å². The lowest BCUT2D eigenvalue weighted by atomic mass is 9.98. The van der Waals surface area contributed by atoms with Crippen LogP contribution >= 0.6 is 0 Å². The minimum atomic E-state index is -0.105. The van der Waals surface area contributed by atoms with Gasteiger partial charge in [-0.15, -0.1) is 0 Å². The van der Waals surface area contributed by atoms with Crippen LogP contribution in [0.25, 0.3) is 0 Å². The minimum Gasteiger partial charge on any atom is -0.469 e. The summed E-state index contributed by atoms with van der Waals surface area (Å²) in [5, 5.41) is 0. The highest BCUT2D eigenvalue weighted by Gasteiger charge is 2.26. The predicted octanol–water partition coefficient (Wildman–Crippen LogP) is 1.37. The van der Waals surface area contributed by atoms with E-state index < -0.39 is 0 Å². The van der Waals surface area contributed by atoms with Gasteiger partial charge in [0.1, 0.15) is 5.76 Å². The highest BCUT2D eigenvalue weighted by atomic mass is 16.5. The van der Waals surface area contributed by atoms with Gasteiger partial charge in [-0.2, -0.15) is 0 Å². The van der Waals surface area contributed by atoms with E-state index in [-0.39, 0.29) is 11.9 Å². The van der Waals surface area contributed by atoms with Crippen LogP contribution in [0.5, 0.6) is 0 Å². The van der Waals surface area contributed by atoms with Crippen molar-refractivity contribution < 1.29 is 13.9 Å². The van der Waals surface area contributed by atoms with Crippen LogP contribution in [0.2, 0.25) is 0 Å². The Hall–Kier alpha value is -1.36. The van der Waals surface area contributed by atoms with Crippen molar-refractivity contribution in [1.29, 1.82) is 0 Å². The van der Waals surface area contributed by atoms with E-state index in [4.69, 9.17) is 9.15 Å². The number of ether oxygens (including phenoxy) is 1. The third-order valence-electron chi connectivity index (χ3n) is 3.26. The van der Waals surface area contributed by atoms with Crippen molar-refractivity contribution in [2.75, 3.05) is 20.2 Å². The molecule has 1 aliphatic rings. The molecule has 94 valence electrons. The van der Waals surface area contributed by atoms with Crippen LogP contribution in [-0.2, 0) is 16.1 Å². The third kappa shape index (κ3) is 2.85. The topological polar surface area (TPSA) is 55.6 Å². The van der Waals surface area contributed by atoms with Crippen molar-refractivity contribution in [3.8, 4) is 0 Å². The number of esters is 1. The van der Waals surface area contributed by atoms with Crippen LogP contribution in [0, 0.1) is 12.8 Å². The molecule has 2 heterocycles. The number of aromatic nitrogens is 1. The first-order chi connectivity index (χ1) is 8.20. The van der Waals surface area contributed by atoms with Crippen molar-refractivity contribution in [2.24, 2.45) is 5.92 Å². The molecule has 1 aromatic rings. The molecule has 0 amide bonds. The summed E-state index contributed by atoms with van der Waals surface area (Å²) in [4.78, 5) is 17.9.